The minimum atomic E-state index is -1.26. The fourth-order valence-electron chi connectivity index (χ4n) is 3.06. The van der Waals surface area contributed by atoms with Crippen molar-refractivity contribution in [1.29, 1.82) is 0 Å². The molecule has 0 saturated carbocycles. The predicted molar refractivity (Wildman–Crippen MR) is 105 cm³/mol. The summed E-state index contributed by atoms with van der Waals surface area (Å²) in [7, 11) is 3.99. The number of carboxylic acids is 2. The van der Waals surface area contributed by atoms with E-state index < -0.39 is 11.9 Å². The van der Waals surface area contributed by atoms with Gasteiger partial charge in [-0.3, -0.25) is 0 Å². The van der Waals surface area contributed by atoms with Gasteiger partial charge in [0, 0.05) is 57.2 Å². The summed E-state index contributed by atoms with van der Waals surface area (Å²) in [5, 5.41) is 15.6. The van der Waals surface area contributed by atoms with Gasteiger partial charge in [0.05, 0.1) is 0 Å². The summed E-state index contributed by atoms with van der Waals surface area (Å²) in [5.74, 6) is -2.51. The van der Waals surface area contributed by atoms with Gasteiger partial charge in [0.1, 0.15) is 0 Å². The lowest BCUT2D eigenvalue weighted by molar-refractivity contribution is -0.134. The average molecular weight is 378 g/mol. The number of ether oxygens (including phenoxy) is 1. The Morgan fingerprint density at radius 3 is 2.41 bits per heavy atom. The fourth-order valence-corrected chi connectivity index (χ4v) is 3.06. The highest BCUT2D eigenvalue weighted by molar-refractivity contribution is 5.89. The lowest BCUT2D eigenvalue weighted by atomic mass is 10.2. The zero-order valence-electron chi connectivity index (χ0n) is 16.1. The summed E-state index contributed by atoms with van der Waals surface area (Å²) >= 11 is 0. The molecule has 2 rings (SSSR count). The van der Waals surface area contributed by atoms with Crippen LogP contribution in [0.4, 0.5) is 5.69 Å². The van der Waals surface area contributed by atoms with Gasteiger partial charge < -0.3 is 24.7 Å². The second-order valence-electron chi connectivity index (χ2n) is 6.44. The number of likely N-dealkylation sites (N-methyl/N-ethyl adjacent to an activating group) is 1. The van der Waals surface area contributed by atoms with E-state index in [0.29, 0.717) is 18.2 Å². The summed E-state index contributed by atoms with van der Waals surface area (Å²) in [6.07, 6.45) is 4.85. The van der Waals surface area contributed by atoms with Crippen molar-refractivity contribution >= 4 is 17.6 Å². The van der Waals surface area contributed by atoms with Gasteiger partial charge in [-0.05, 0) is 38.4 Å². The predicted octanol–water partition coefficient (Wildman–Crippen LogP) is 2.34. The molecule has 1 aromatic rings. The molecule has 1 aromatic carbocycles. The Labute approximate surface area is 160 Å². The smallest absolute Gasteiger partial charge is 0.328 e. The molecule has 150 valence electrons. The first kappa shape index (κ1) is 22.7. The van der Waals surface area contributed by atoms with Crippen LogP contribution in [0.1, 0.15) is 19.3 Å². The first-order valence-electron chi connectivity index (χ1n) is 9.07. The molecule has 0 aromatic heterocycles. The van der Waals surface area contributed by atoms with Crippen molar-refractivity contribution in [3.05, 3.63) is 42.5 Å². The number of aliphatic carboxylic acids is 2. The Bertz CT molecular complexity index is 575. The number of rotatable bonds is 9. The largest absolute Gasteiger partial charge is 0.478 e. The zero-order valence-corrected chi connectivity index (χ0v) is 16.1. The number of hydrogen-bond acceptors (Lipinski definition) is 5. The Kier molecular flexibility index (Phi) is 10.8. The van der Waals surface area contributed by atoms with E-state index in [9.17, 15) is 9.59 Å². The van der Waals surface area contributed by atoms with Crippen molar-refractivity contribution in [2.45, 2.75) is 25.3 Å². The molecule has 0 aliphatic carbocycles. The van der Waals surface area contributed by atoms with Gasteiger partial charge in [-0.25, -0.2) is 9.59 Å². The number of carbonyl (C=O) groups is 2. The molecule has 1 aliphatic rings. The van der Waals surface area contributed by atoms with Gasteiger partial charge in [0.2, 0.25) is 0 Å². The number of carboxylic acid groups (broad SMARTS) is 2. The molecule has 1 atom stereocenters. The Balaban J connectivity index is 0.000000387. The molecule has 0 amide bonds. The van der Waals surface area contributed by atoms with Crippen molar-refractivity contribution in [1.82, 2.24) is 4.90 Å². The van der Waals surface area contributed by atoms with Crippen molar-refractivity contribution in [3.63, 3.8) is 0 Å². The summed E-state index contributed by atoms with van der Waals surface area (Å²) < 4.78 is 5.12. The third-order valence-electron chi connectivity index (χ3n) is 4.24. The van der Waals surface area contributed by atoms with Crippen molar-refractivity contribution in [3.8, 4) is 0 Å². The summed E-state index contributed by atoms with van der Waals surface area (Å²) in [4.78, 5) is 24.1. The summed E-state index contributed by atoms with van der Waals surface area (Å²) in [6.45, 7) is 4.32. The zero-order chi connectivity index (χ0) is 20.1. The number of benzene rings is 1. The molecule has 0 bridgehead atoms. The molecular formula is C20H30N2O5. The van der Waals surface area contributed by atoms with E-state index >= 15 is 0 Å². The van der Waals surface area contributed by atoms with Crippen molar-refractivity contribution in [2.24, 2.45) is 0 Å². The maximum absolute atomic E-state index is 9.55. The molecule has 1 aliphatic heterocycles. The fraction of sp³-hybridized carbons (Fsp3) is 0.500. The maximum atomic E-state index is 9.55. The minimum Gasteiger partial charge on any atom is -0.478 e. The topological polar surface area (TPSA) is 90.3 Å². The Morgan fingerprint density at radius 2 is 1.85 bits per heavy atom. The lowest BCUT2D eigenvalue weighted by Crippen LogP contribution is -2.39. The van der Waals surface area contributed by atoms with Gasteiger partial charge >= 0.3 is 11.9 Å². The van der Waals surface area contributed by atoms with E-state index in [1.807, 2.05) is 0 Å². The molecule has 0 spiro atoms. The van der Waals surface area contributed by atoms with Crippen LogP contribution in [0.25, 0.3) is 0 Å². The van der Waals surface area contributed by atoms with Crippen LogP contribution in [-0.4, -0.2) is 73.5 Å². The maximum Gasteiger partial charge on any atom is 0.328 e. The van der Waals surface area contributed by atoms with E-state index in [1.165, 1.54) is 25.1 Å². The van der Waals surface area contributed by atoms with Gasteiger partial charge in [-0.2, -0.15) is 0 Å². The van der Waals surface area contributed by atoms with Gasteiger partial charge in [0.15, 0.2) is 0 Å². The van der Waals surface area contributed by atoms with Gasteiger partial charge in [0.25, 0.3) is 0 Å². The lowest BCUT2D eigenvalue weighted by Gasteiger charge is -2.30. The second-order valence-corrected chi connectivity index (χ2v) is 6.44. The second kappa shape index (κ2) is 12.9. The third-order valence-corrected chi connectivity index (χ3v) is 4.24. The molecule has 1 fully saturated rings. The normalized spacial score (nSPS) is 16.4. The first-order valence-corrected chi connectivity index (χ1v) is 9.07. The van der Waals surface area contributed by atoms with Crippen molar-refractivity contribution in [2.75, 3.05) is 45.3 Å². The van der Waals surface area contributed by atoms with E-state index in [2.05, 4.69) is 47.2 Å². The molecule has 1 saturated heterocycles. The van der Waals surface area contributed by atoms with Crippen LogP contribution in [0, 0.1) is 0 Å². The summed E-state index contributed by atoms with van der Waals surface area (Å²) in [6, 6.07) is 11.5. The highest BCUT2D eigenvalue weighted by Gasteiger charge is 2.25. The van der Waals surface area contributed by atoms with Gasteiger partial charge in [-0.15, -0.1) is 0 Å². The van der Waals surface area contributed by atoms with Crippen LogP contribution in [0.2, 0.25) is 0 Å². The van der Waals surface area contributed by atoms with Crippen LogP contribution in [0.15, 0.2) is 42.5 Å². The van der Waals surface area contributed by atoms with E-state index in [1.54, 1.807) is 7.11 Å². The van der Waals surface area contributed by atoms with Gasteiger partial charge in [-0.1, -0.05) is 18.2 Å². The van der Waals surface area contributed by atoms with Crippen molar-refractivity contribution < 1.29 is 24.5 Å². The van der Waals surface area contributed by atoms with Crippen LogP contribution in [0.5, 0.6) is 0 Å². The number of methoxy groups -OCH3 is 1. The molecule has 1 heterocycles. The van der Waals surface area contributed by atoms with Crippen LogP contribution in [0.3, 0.4) is 0 Å². The average Bonchev–Trinajstić information content (AvgIpc) is 3.09. The highest BCUT2D eigenvalue weighted by Crippen LogP contribution is 2.25. The highest BCUT2D eigenvalue weighted by atomic mass is 16.5. The standard InChI is InChI=1S/C16H26N2O.C4H4O4/c1-17(11-7-13-19-2)14-16-10-6-12-18(16)15-8-4-3-5-9-15;5-3(6)1-2-4(7)8/h3-5,8-9,16H,6-7,10-14H2,1-2H3;1-2H,(H,5,6)(H,7,8)/b;2-1+. The first-order chi connectivity index (χ1) is 12.9. The van der Waals surface area contributed by atoms with E-state index in [0.717, 1.165) is 26.1 Å². The molecular weight excluding hydrogens is 348 g/mol. The number of hydrogen-bond donors (Lipinski definition) is 2. The van der Waals surface area contributed by atoms with Crippen LogP contribution in [-0.2, 0) is 14.3 Å². The van der Waals surface area contributed by atoms with E-state index in [4.69, 9.17) is 14.9 Å². The Hall–Kier alpha value is -2.38. The molecule has 0 radical (unpaired) electrons. The number of anilines is 1. The summed E-state index contributed by atoms with van der Waals surface area (Å²) in [5.41, 5.74) is 1.37. The quantitative estimate of drug-likeness (QED) is 0.503. The Morgan fingerprint density at radius 1 is 1.22 bits per heavy atom. The minimum absolute atomic E-state index is 0.558. The number of para-hydroxylation sites is 1. The molecule has 7 heteroatoms. The SMILES string of the molecule is COCCCN(C)CC1CCCN1c1ccccc1.O=C(O)/C=C/C(=O)O. The molecule has 2 N–H and O–H groups in total. The third kappa shape index (κ3) is 9.77. The molecule has 7 nitrogen and oxygen atoms in total. The number of nitrogens with zero attached hydrogens (tertiary/aromatic N) is 2. The molecule has 1 unspecified atom stereocenters. The monoisotopic (exact) mass is 378 g/mol. The van der Waals surface area contributed by atoms with Crippen LogP contribution >= 0.6 is 0 Å². The van der Waals surface area contributed by atoms with E-state index in [-0.39, 0.29) is 0 Å². The van der Waals surface area contributed by atoms with Crippen LogP contribution < -0.4 is 4.90 Å². The molecule has 27 heavy (non-hydrogen) atoms.